The molecule has 0 atom stereocenters. The summed E-state index contributed by atoms with van der Waals surface area (Å²) in [5.41, 5.74) is 0.0968. The van der Waals surface area contributed by atoms with E-state index < -0.39 is 11.6 Å². The summed E-state index contributed by atoms with van der Waals surface area (Å²) in [4.78, 5) is 0. The molecule has 0 aliphatic carbocycles. The normalized spacial score (nSPS) is 9.36. The zero-order valence-corrected chi connectivity index (χ0v) is 8.24. The summed E-state index contributed by atoms with van der Waals surface area (Å²) >= 11 is 5.44. The number of hydrogen-bond acceptors (Lipinski definition) is 0. The molecule has 14 heavy (non-hydrogen) atoms. The summed E-state index contributed by atoms with van der Waals surface area (Å²) in [6.45, 7) is 0. The van der Waals surface area contributed by atoms with Gasteiger partial charge < -0.3 is 0 Å². The molecule has 0 saturated carbocycles. The van der Waals surface area contributed by atoms with Crippen molar-refractivity contribution in [3.05, 3.63) is 35.4 Å². The Bertz CT molecular complexity index is 363. The third-order valence-corrected chi connectivity index (χ3v) is 1.85. The van der Waals surface area contributed by atoms with Gasteiger partial charge in [-0.2, -0.15) is 0 Å². The molecule has 0 unspecified atom stereocenters. The minimum atomic E-state index is -0.496. The lowest BCUT2D eigenvalue weighted by Crippen LogP contribution is -1.85. The van der Waals surface area contributed by atoms with Crippen LogP contribution in [0.15, 0.2) is 18.2 Å². The fourth-order valence-corrected chi connectivity index (χ4v) is 1.04. The van der Waals surface area contributed by atoms with Gasteiger partial charge in [0.25, 0.3) is 0 Å². The molecule has 0 N–H and O–H groups in total. The maximum atomic E-state index is 13.0. The molecule has 1 aromatic carbocycles. The van der Waals surface area contributed by atoms with Gasteiger partial charge >= 0.3 is 0 Å². The second-order valence-electron chi connectivity index (χ2n) is 2.72. The average Bonchev–Trinajstić information content (AvgIpc) is 2.18. The third-order valence-electron chi connectivity index (χ3n) is 1.59. The lowest BCUT2D eigenvalue weighted by Gasteiger charge is -1.93. The van der Waals surface area contributed by atoms with Crippen molar-refractivity contribution in [2.75, 3.05) is 5.88 Å². The Hall–Kier alpha value is -1.07. The Balaban J connectivity index is 2.73. The maximum absolute atomic E-state index is 13.0. The van der Waals surface area contributed by atoms with E-state index in [1.54, 1.807) is 0 Å². The highest BCUT2D eigenvalue weighted by molar-refractivity contribution is 6.17. The molecular weight excluding hydrogens is 206 g/mol. The van der Waals surface area contributed by atoms with E-state index in [9.17, 15) is 8.78 Å². The van der Waals surface area contributed by atoms with E-state index in [2.05, 4.69) is 11.8 Å². The van der Waals surface area contributed by atoms with Crippen LogP contribution in [0.2, 0.25) is 0 Å². The summed E-state index contributed by atoms with van der Waals surface area (Å²) in [6.07, 6.45) is 1.35. The van der Waals surface area contributed by atoms with Crippen molar-refractivity contribution in [3.63, 3.8) is 0 Å². The van der Waals surface area contributed by atoms with Gasteiger partial charge in [-0.1, -0.05) is 11.8 Å². The molecule has 0 spiro atoms. The Morgan fingerprint density at radius 2 is 2.07 bits per heavy atom. The van der Waals surface area contributed by atoms with Crippen LogP contribution in [-0.2, 0) is 0 Å². The van der Waals surface area contributed by atoms with E-state index in [1.807, 2.05) is 0 Å². The summed E-state index contributed by atoms with van der Waals surface area (Å²) in [5, 5.41) is 0. The van der Waals surface area contributed by atoms with Crippen molar-refractivity contribution >= 4 is 11.6 Å². The highest BCUT2D eigenvalue weighted by Gasteiger charge is 1.99. The van der Waals surface area contributed by atoms with Crippen LogP contribution < -0.4 is 0 Å². The minimum absolute atomic E-state index is 0.0968. The molecule has 3 heteroatoms. The Labute approximate surface area is 86.9 Å². The van der Waals surface area contributed by atoms with Crippen molar-refractivity contribution in [1.82, 2.24) is 0 Å². The van der Waals surface area contributed by atoms with Gasteiger partial charge in [-0.05, 0) is 24.6 Å². The van der Waals surface area contributed by atoms with Gasteiger partial charge in [0.05, 0.1) is 5.56 Å². The number of halogens is 3. The highest BCUT2D eigenvalue weighted by atomic mass is 35.5. The molecule has 0 nitrogen and oxygen atoms in total. The molecule has 1 rings (SSSR count). The van der Waals surface area contributed by atoms with E-state index in [0.717, 1.165) is 24.6 Å². The Kier molecular flexibility index (Phi) is 4.42. The van der Waals surface area contributed by atoms with Crippen molar-refractivity contribution in [2.24, 2.45) is 0 Å². The van der Waals surface area contributed by atoms with Gasteiger partial charge in [-0.3, -0.25) is 0 Å². The van der Waals surface area contributed by atoms with Crippen LogP contribution in [0.4, 0.5) is 8.78 Å². The smallest absolute Gasteiger partial charge is 0.139 e. The van der Waals surface area contributed by atoms with Crippen molar-refractivity contribution in [2.45, 2.75) is 12.8 Å². The molecule has 0 fully saturated rings. The van der Waals surface area contributed by atoms with Crippen LogP contribution in [-0.4, -0.2) is 5.88 Å². The average molecular weight is 215 g/mol. The first-order chi connectivity index (χ1) is 6.74. The number of unbranched alkanes of at least 4 members (excludes halogenated alkanes) is 1. The number of alkyl halides is 1. The lowest BCUT2D eigenvalue weighted by atomic mass is 10.2. The second kappa shape index (κ2) is 5.62. The molecule has 0 saturated heterocycles. The first-order valence-electron chi connectivity index (χ1n) is 4.24. The SMILES string of the molecule is Fc1ccc(F)c(C#CCCCCl)c1. The van der Waals surface area contributed by atoms with Gasteiger partial charge in [0, 0.05) is 12.3 Å². The first kappa shape index (κ1) is 11.0. The molecule has 0 aromatic heterocycles. The fraction of sp³-hybridized carbons (Fsp3) is 0.273. The lowest BCUT2D eigenvalue weighted by molar-refractivity contribution is 0.597. The van der Waals surface area contributed by atoms with Gasteiger partial charge in [0.1, 0.15) is 11.6 Å². The van der Waals surface area contributed by atoms with Crippen LogP contribution in [0.1, 0.15) is 18.4 Å². The fourth-order valence-electron chi connectivity index (χ4n) is 0.906. The van der Waals surface area contributed by atoms with Crippen LogP contribution in [0.25, 0.3) is 0 Å². The Morgan fingerprint density at radius 3 is 2.79 bits per heavy atom. The molecule has 0 aliphatic rings. The number of benzene rings is 1. The minimum Gasteiger partial charge on any atom is -0.207 e. The van der Waals surface area contributed by atoms with E-state index in [4.69, 9.17) is 11.6 Å². The zero-order chi connectivity index (χ0) is 10.4. The predicted molar refractivity (Wildman–Crippen MR) is 53.2 cm³/mol. The van der Waals surface area contributed by atoms with Gasteiger partial charge in [-0.15, -0.1) is 11.6 Å². The van der Waals surface area contributed by atoms with Gasteiger partial charge in [-0.25, -0.2) is 8.78 Å². The second-order valence-corrected chi connectivity index (χ2v) is 3.10. The summed E-state index contributed by atoms with van der Waals surface area (Å²) in [5.74, 6) is 4.85. The van der Waals surface area contributed by atoms with Crippen molar-refractivity contribution in [1.29, 1.82) is 0 Å². The Morgan fingerprint density at radius 1 is 1.29 bits per heavy atom. The van der Waals surface area contributed by atoms with Crippen LogP contribution in [0.3, 0.4) is 0 Å². The molecule has 0 heterocycles. The van der Waals surface area contributed by atoms with E-state index in [0.29, 0.717) is 12.3 Å². The third kappa shape index (κ3) is 3.35. The van der Waals surface area contributed by atoms with E-state index in [-0.39, 0.29) is 5.56 Å². The standard InChI is InChI=1S/C11H9ClF2/c12-7-3-1-2-4-9-8-10(13)5-6-11(9)14/h5-6,8H,1,3,7H2. The van der Waals surface area contributed by atoms with Crippen molar-refractivity contribution in [3.8, 4) is 11.8 Å². The van der Waals surface area contributed by atoms with Crippen LogP contribution in [0, 0.1) is 23.5 Å². The summed E-state index contributed by atoms with van der Waals surface area (Å²) < 4.78 is 25.7. The zero-order valence-electron chi connectivity index (χ0n) is 7.49. The highest BCUT2D eigenvalue weighted by Crippen LogP contribution is 2.07. The van der Waals surface area contributed by atoms with Gasteiger partial charge in [0.2, 0.25) is 0 Å². The molecule has 1 aromatic rings. The molecule has 74 valence electrons. The molecule has 0 radical (unpaired) electrons. The molecular formula is C11H9ClF2. The largest absolute Gasteiger partial charge is 0.207 e. The summed E-state index contributed by atoms with van der Waals surface area (Å²) in [7, 11) is 0. The van der Waals surface area contributed by atoms with Crippen LogP contribution in [0.5, 0.6) is 0 Å². The van der Waals surface area contributed by atoms with Crippen molar-refractivity contribution < 1.29 is 8.78 Å². The monoisotopic (exact) mass is 214 g/mol. The van der Waals surface area contributed by atoms with Gasteiger partial charge in [0.15, 0.2) is 0 Å². The summed E-state index contributed by atoms with van der Waals surface area (Å²) in [6, 6.07) is 3.23. The van der Waals surface area contributed by atoms with E-state index >= 15 is 0 Å². The number of rotatable bonds is 2. The molecule has 0 aliphatic heterocycles. The predicted octanol–water partition coefficient (Wildman–Crippen LogP) is 3.34. The maximum Gasteiger partial charge on any atom is 0.139 e. The quantitative estimate of drug-likeness (QED) is 0.403. The number of hydrogen-bond donors (Lipinski definition) is 0. The first-order valence-corrected chi connectivity index (χ1v) is 4.77. The van der Waals surface area contributed by atoms with Crippen LogP contribution >= 0.6 is 11.6 Å². The van der Waals surface area contributed by atoms with E-state index in [1.165, 1.54) is 0 Å². The molecule has 0 amide bonds. The topological polar surface area (TPSA) is 0 Å². The molecule has 0 bridgehead atoms.